The van der Waals surface area contributed by atoms with E-state index in [0.717, 1.165) is 5.56 Å². The molecule has 2 aromatic carbocycles. The van der Waals surface area contributed by atoms with Crippen LogP contribution in [0.4, 0.5) is 0 Å². The van der Waals surface area contributed by atoms with Crippen LogP contribution in [0.2, 0.25) is 5.02 Å². The number of hydrogen-bond acceptors (Lipinski definition) is 2. The molecule has 0 spiro atoms. The molecule has 1 N–H and O–H groups in total. The van der Waals surface area contributed by atoms with Gasteiger partial charge < -0.3 is 10.1 Å². The van der Waals surface area contributed by atoms with Crippen LogP contribution in [0.15, 0.2) is 42.5 Å². The third-order valence-corrected chi connectivity index (χ3v) is 3.63. The molecule has 0 aliphatic heterocycles. The van der Waals surface area contributed by atoms with Crippen LogP contribution >= 0.6 is 11.6 Å². The van der Waals surface area contributed by atoms with E-state index in [1.165, 1.54) is 5.56 Å². The highest BCUT2D eigenvalue weighted by Gasteiger charge is 2.13. The van der Waals surface area contributed by atoms with Crippen molar-refractivity contribution in [2.45, 2.75) is 19.9 Å². The van der Waals surface area contributed by atoms with Crippen molar-refractivity contribution in [3.05, 3.63) is 64.2 Å². The first-order valence-electron chi connectivity index (χ1n) is 6.72. The SMILES string of the molecule is COc1ccc(C(=O)N[C@@H](C)c2ccc(C)cc2)cc1Cl. The van der Waals surface area contributed by atoms with Crippen molar-refractivity contribution in [1.82, 2.24) is 5.32 Å². The molecule has 0 saturated carbocycles. The number of nitrogens with one attached hydrogen (secondary N) is 1. The molecule has 0 aromatic heterocycles. The van der Waals surface area contributed by atoms with Crippen molar-refractivity contribution in [2.75, 3.05) is 7.11 Å². The highest BCUT2D eigenvalue weighted by Crippen LogP contribution is 2.25. The maximum atomic E-state index is 12.2. The van der Waals surface area contributed by atoms with E-state index in [4.69, 9.17) is 16.3 Å². The number of amides is 1. The van der Waals surface area contributed by atoms with Crippen LogP contribution in [0, 0.1) is 6.92 Å². The van der Waals surface area contributed by atoms with Crippen molar-refractivity contribution in [1.29, 1.82) is 0 Å². The van der Waals surface area contributed by atoms with Gasteiger partial charge in [-0.2, -0.15) is 0 Å². The Morgan fingerprint density at radius 1 is 1.19 bits per heavy atom. The van der Waals surface area contributed by atoms with Crippen LogP contribution in [-0.4, -0.2) is 13.0 Å². The third-order valence-electron chi connectivity index (χ3n) is 3.34. The Morgan fingerprint density at radius 2 is 1.86 bits per heavy atom. The fraction of sp³-hybridized carbons (Fsp3) is 0.235. The Kier molecular flexibility index (Phi) is 4.86. The molecule has 21 heavy (non-hydrogen) atoms. The molecule has 0 saturated heterocycles. The number of aryl methyl sites for hydroxylation is 1. The van der Waals surface area contributed by atoms with Crippen molar-refractivity contribution in [2.24, 2.45) is 0 Å². The second-order valence-corrected chi connectivity index (χ2v) is 5.36. The summed E-state index contributed by atoms with van der Waals surface area (Å²) in [6.07, 6.45) is 0. The molecule has 0 radical (unpaired) electrons. The summed E-state index contributed by atoms with van der Waals surface area (Å²) in [6, 6.07) is 13.0. The standard InChI is InChI=1S/C17H18ClNO2/c1-11-4-6-13(7-5-11)12(2)19-17(20)14-8-9-16(21-3)15(18)10-14/h4-10,12H,1-3H3,(H,19,20)/t12-/m0/s1. The predicted molar refractivity (Wildman–Crippen MR) is 85.1 cm³/mol. The van der Waals surface area contributed by atoms with Crippen LogP contribution < -0.4 is 10.1 Å². The van der Waals surface area contributed by atoms with Crippen LogP contribution in [0.1, 0.15) is 34.5 Å². The lowest BCUT2D eigenvalue weighted by molar-refractivity contribution is 0.0940. The monoisotopic (exact) mass is 303 g/mol. The molecule has 3 nitrogen and oxygen atoms in total. The average Bonchev–Trinajstić information content (AvgIpc) is 2.47. The molecule has 0 aliphatic carbocycles. The summed E-state index contributed by atoms with van der Waals surface area (Å²) in [4.78, 5) is 12.2. The van der Waals surface area contributed by atoms with Gasteiger partial charge in [0, 0.05) is 5.56 Å². The number of rotatable bonds is 4. The molecule has 1 amide bonds. The topological polar surface area (TPSA) is 38.3 Å². The van der Waals surface area contributed by atoms with Gasteiger partial charge in [-0.1, -0.05) is 41.4 Å². The first-order chi connectivity index (χ1) is 10.0. The largest absolute Gasteiger partial charge is 0.495 e. The quantitative estimate of drug-likeness (QED) is 0.921. The Bertz CT molecular complexity index is 638. The molecule has 2 aromatic rings. The minimum Gasteiger partial charge on any atom is -0.495 e. The second-order valence-electron chi connectivity index (χ2n) is 4.96. The molecule has 110 valence electrons. The molecule has 0 fully saturated rings. The zero-order valence-corrected chi connectivity index (χ0v) is 13.1. The maximum absolute atomic E-state index is 12.2. The van der Waals surface area contributed by atoms with E-state index in [1.54, 1.807) is 25.3 Å². The van der Waals surface area contributed by atoms with Gasteiger partial charge in [-0.15, -0.1) is 0 Å². The number of methoxy groups -OCH3 is 1. The molecule has 0 aliphatic rings. The summed E-state index contributed by atoms with van der Waals surface area (Å²) < 4.78 is 5.08. The first-order valence-corrected chi connectivity index (χ1v) is 7.10. The van der Waals surface area contributed by atoms with E-state index in [2.05, 4.69) is 5.32 Å². The van der Waals surface area contributed by atoms with E-state index in [0.29, 0.717) is 16.3 Å². The van der Waals surface area contributed by atoms with E-state index in [1.807, 2.05) is 38.1 Å². The van der Waals surface area contributed by atoms with E-state index in [-0.39, 0.29) is 11.9 Å². The number of carbonyl (C=O) groups is 1. The summed E-state index contributed by atoms with van der Waals surface area (Å²) in [6.45, 7) is 3.99. The van der Waals surface area contributed by atoms with Gasteiger partial charge in [0.2, 0.25) is 0 Å². The highest BCUT2D eigenvalue weighted by atomic mass is 35.5. The van der Waals surface area contributed by atoms with Gasteiger partial charge in [-0.25, -0.2) is 0 Å². The molecule has 0 bridgehead atoms. The van der Waals surface area contributed by atoms with Crippen LogP contribution in [0.3, 0.4) is 0 Å². The third kappa shape index (κ3) is 3.76. The summed E-state index contributed by atoms with van der Waals surface area (Å²) >= 11 is 6.04. The average molecular weight is 304 g/mol. The predicted octanol–water partition coefficient (Wildman–Crippen LogP) is 4.15. The van der Waals surface area contributed by atoms with Gasteiger partial charge in [0.25, 0.3) is 5.91 Å². The smallest absolute Gasteiger partial charge is 0.251 e. The lowest BCUT2D eigenvalue weighted by atomic mass is 10.1. The van der Waals surface area contributed by atoms with Crippen LogP contribution in [0.25, 0.3) is 0 Å². The van der Waals surface area contributed by atoms with E-state index in [9.17, 15) is 4.79 Å². The van der Waals surface area contributed by atoms with Crippen molar-refractivity contribution in [3.63, 3.8) is 0 Å². The Morgan fingerprint density at radius 3 is 2.43 bits per heavy atom. The minimum absolute atomic E-state index is 0.0704. The van der Waals surface area contributed by atoms with Gasteiger partial charge >= 0.3 is 0 Å². The van der Waals surface area contributed by atoms with Gasteiger partial charge in [0.1, 0.15) is 5.75 Å². The summed E-state index contributed by atoms with van der Waals surface area (Å²) in [5, 5.41) is 3.38. The van der Waals surface area contributed by atoms with Gasteiger partial charge in [-0.3, -0.25) is 4.79 Å². The van der Waals surface area contributed by atoms with E-state index >= 15 is 0 Å². The first kappa shape index (κ1) is 15.4. The maximum Gasteiger partial charge on any atom is 0.251 e. The molecular weight excluding hydrogens is 286 g/mol. The van der Waals surface area contributed by atoms with E-state index < -0.39 is 0 Å². The molecule has 0 heterocycles. The summed E-state index contributed by atoms with van der Waals surface area (Å²) in [5.41, 5.74) is 2.77. The van der Waals surface area contributed by atoms with Crippen molar-refractivity contribution >= 4 is 17.5 Å². The zero-order valence-electron chi connectivity index (χ0n) is 12.3. The number of hydrogen-bond donors (Lipinski definition) is 1. The highest BCUT2D eigenvalue weighted by molar-refractivity contribution is 6.32. The lowest BCUT2D eigenvalue weighted by Crippen LogP contribution is -2.26. The van der Waals surface area contributed by atoms with Gasteiger partial charge in [0.05, 0.1) is 18.2 Å². The Hall–Kier alpha value is -2.00. The summed E-state index contributed by atoms with van der Waals surface area (Å²) in [7, 11) is 1.54. The fourth-order valence-corrected chi connectivity index (χ4v) is 2.28. The number of halogens is 1. The number of ether oxygens (including phenoxy) is 1. The molecule has 4 heteroatoms. The Labute approximate surface area is 129 Å². The molecule has 2 rings (SSSR count). The Balaban J connectivity index is 2.10. The van der Waals surface area contributed by atoms with Gasteiger partial charge in [0.15, 0.2) is 0 Å². The van der Waals surface area contributed by atoms with Crippen molar-refractivity contribution < 1.29 is 9.53 Å². The van der Waals surface area contributed by atoms with Crippen molar-refractivity contribution in [3.8, 4) is 5.75 Å². The lowest BCUT2D eigenvalue weighted by Gasteiger charge is -2.15. The number of carbonyl (C=O) groups excluding carboxylic acids is 1. The van der Waals surface area contributed by atoms with Crippen LogP contribution in [-0.2, 0) is 0 Å². The normalized spacial score (nSPS) is 11.8. The van der Waals surface area contributed by atoms with Crippen LogP contribution in [0.5, 0.6) is 5.75 Å². The molecule has 1 atom stereocenters. The second kappa shape index (κ2) is 6.64. The number of benzene rings is 2. The fourth-order valence-electron chi connectivity index (χ4n) is 2.03. The van der Waals surface area contributed by atoms with Gasteiger partial charge in [-0.05, 0) is 37.6 Å². The summed E-state index contributed by atoms with van der Waals surface area (Å²) in [5.74, 6) is 0.396. The molecular formula is C17H18ClNO2. The minimum atomic E-state index is -0.160. The molecule has 0 unspecified atom stereocenters. The zero-order chi connectivity index (χ0) is 15.4.